The highest BCUT2D eigenvalue weighted by molar-refractivity contribution is 7.15. The summed E-state index contributed by atoms with van der Waals surface area (Å²) in [6, 6.07) is 12.6. The topological polar surface area (TPSA) is 92.0 Å². The summed E-state index contributed by atoms with van der Waals surface area (Å²) in [5, 5.41) is 4.29. The van der Waals surface area contributed by atoms with Gasteiger partial charge in [-0.25, -0.2) is 0 Å². The van der Waals surface area contributed by atoms with Crippen LogP contribution in [0.2, 0.25) is 0 Å². The van der Waals surface area contributed by atoms with E-state index in [2.05, 4.69) is 10.1 Å². The molecule has 0 N–H and O–H groups in total. The van der Waals surface area contributed by atoms with Crippen LogP contribution in [0.15, 0.2) is 47.3 Å². The van der Waals surface area contributed by atoms with Gasteiger partial charge in [-0.1, -0.05) is 35.6 Å². The number of hydrogen-bond acceptors (Lipinski definition) is 8. The molecule has 32 heavy (non-hydrogen) atoms. The van der Waals surface area contributed by atoms with Gasteiger partial charge in [-0.3, -0.25) is 9.59 Å². The molecule has 0 aliphatic rings. The van der Waals surface area contributed by atoms with Crippen LogP contribution in [0.4, 0.5) is 0 Å². The van der Waals surface area contributed by atoms with Crippen molar-refractivity contribution in [3.63, 3.8) is 0 Å². The standard InChI is InChI=1S/C23H19N3O5S/c1-14(27)31-18-10-6-16(12-19(18)30-3)13-20-22(28)26-23(32-20)24-21(25-26)11-7-15-4-8-17(29-2)9-5-15/h4-13H,1-3H3/b11-7+,20-13-. The number of carbonyl (C=O) groups is 1. The van der Waals surface area contributed by atoms with Gasteiger partial charge >= 0.3 is 5.97 Å². The van der Waals surface area contributed by atoms with Crippen LogP contribution in [0.1, 0.15) is 23.9 Å². The van der Waals surface area contributed by atoms with Gasteiger partial charge < -0.3 is 14.2 Å². The first-order chi connectivity index (χ1) is 15.5. The minimum absolute atomic E-state index is 0.260. The Labute approximate surface area is 187 Å². The van der Waals surface area contributed by atoms with E-state index in [-0.39, 0.29) is 5.56 Å². The summed E-state index contributed by atoms with van der Waals surface area (Å²) in [5.74, 6) is 1.50. The van der Waals surface area contributed by atoms with Gasteiger partial charge in [0.1, 0.15) is 5.75 Å². The van der Waals surface area contributed by atoms with E-state index in [1.165, 1.54) is 29.9 Å². The van der Waals surface area contributed by atoms with Crippen molar-refractivity contribution in [3.8, 4) is 17.2 Å². The summed E-state index contributed by atoms with van der Waals surface area (Å²) in [6.45, 7) is 1.32. The Bertz CT molecular complexity index is 1420. The molecule has 8 nitrogen and oxygen atoms in total. The molecule has 9 heteroatoms. The van der Waals surface area contributed by atoms with Crippen LogP contribution < -0.4 is 24.3 Å². The van der Waals surface area contributed by atoms with Crippen LogP contribution in [0.25, 0.3) is 23.2 Å². The molecule has 2 aromatic carbocycles. The van der Waals surface area contributed by atoms with Crippen LogP contribution in [-0.2, 0) is 4.79 Å². The quantitative estimate of drug-likeness (QED) is 0.330. The second-order valence-electron chi connectivity index (χ2n) is 6.69. The molecule has 0 bridgehead atoms. The van der Waals surface area contributed by atoms with Crippen LogP contribution in [-0.4, -0.2) is 34.8 Å². The number of esters is 1. The van der Waals surface area contributed by atoms with Crippen molar-refractivity contribution in [1.29, 1.82) is 0 Å². The number of methoxy groups -OCH3 is 2. The largest absolute Gasteiger partial charge is 0.497 e. The van der Waals surface area contributed by atoms with E-state index < -0.39 is 5.97 Å². The maximum Gasteiger partial charge on any atom is 0.308 e. The molecule has 0 atom stereocenters. The predicted octanol–water partition coefficient (Wildman–Crippen LogP) is 2.81. The van der Waals surface area contributed by atoms with Crippen LogP contribution in [0.5, 0.6) is 17.2 Å². The number of thiazole rings is 1. The summed E-state index contributed by atoms with van der Waals surface area (Å²) in [7, 11) is 3.10. The summed E-state index contributed by atoms with van der Waals surface area (Å²) in [6.07, 6.45) is 5.34. The molecule has 0 unspecified atom stereocenters. The normalized spacial score (nSPS) is 11.9. The lowest BCUT2D eigenvalue weighted by Gasteiger charge is -2.08. The summed E-state index contributed by atoms with van der Waals surface area (Å²) in [5.41, 5.74) is 1.43. The van der Waals surface area contributed by atoms with E-state index >= 15 is 0 Å². The number of carbonyl (C=O) groups excluding carboxylic acids is 1. The Balaban J connectivity index is 1.61. The van der Waals surface area contributed by atoms with Gasteiger partial charge in [-0.05, 0) is 47.5 Å². The van der Waals surface area contributed by atoms with Gasteiger partial charge in [0.05, 0.1) is 18.8 Å². The van der Waals surface area contributed by atoms with E-state index in [0.29, 0.717) is 26.8 Å². The number of hydrogen-bond donors (Lipinski definition) is 0. The molecule has 0 spiro atoms. The van der Waals surface area contributed by atoms with E-state index in [0.717, 1.165) is 16.9 Å². The van der Waals surface area contributed by atoms with E-state index in [1.807, 2.05) is 30.3 Å². The van der Waals surface area contributed by atoms with Crippen molar-refractivity contribution >= 4 is 40.5 Å². The molecule has 4 aromatic rings. The Morgan fingerprint density at radius 1 is 1.00 bits per heavy atom. The fraction of sp³-hybridized carbons (Fsp3) is 0.130. The van der Waals surface area contributed by atoms with Crippen LogP contribution in [0.3, 0.4) is 0 Å². The lowest BCUT2D eigenvalue weighted by molar-refractivity contribution is -0.132. The Hall–Kier alpha value is -3.98. The molecule has 2 heterocycles. The summed E-state index contributed by atoms with van der Waals surface area (Å²) >= 11 is 1.24. The molecule has 2 aromatic heterocycles. The molecule has 162 valence electrons. The second-order valence-corrected chi connectivity index (χ2v) is 7.70. The van der Waals surface area contributed by atoms with Crippen molar-refractivity contribution < 1.29 is 19.0 Å². The molecular weight excluding hydrogens is 430 g/mol. The maximum atomic E-state index is 12.8. The molecule has 0 saturated carbocycles. The van der Waals surface area contributed by atoms with Crippen molar-refractivity contribution in [2.75, 3.05) is 14.2 Å². The zero-order valence-corrected chi connectivity index (χ0v) is 18.4. The smallest absolute Gasteiger partial charge is 0.308 e. The van der Waals surface area contributed by atoms with Gasteiger partial charge in [0.25, 0.3) is 5.56 Å². The number of ether oxygens (including phenoxy) is 3. The molecule has 0 fully saturated rings. The van der Waals surface area contributed by atoms with Crippen molar-refractivity contribution in [3.05, 3.63) is 74.3 Å². The lowest BCUT2D eigenvalue weighted by atomic mass is 10.2. The zero-order valence-electron chi connectivity index (χ0n) is 17.6. The number of rotatable bonds is 6. The number of nitrogens with zero attached hydrogens (tertiary/aromatic N) is 3. The SMILES string of the molecule is COc1ccc(/C=C/c2nc3s/c(=C\c4ccc(OC(C)=O)c(OC)c4)c(=O)n3n2)cc1. The van der Waals surface area contributed by atoms with Gasteiger partial charge in [-0.15, -0.1) is 5.10 Å². The average molecular weight is 449 g/mol. The van der Waals surface area contributed by atoms with Crippen molar-refractivity contribution in [2.45, 2.75) is 6.92 Å². The molecule has 0 amide bonds. The van der Waals surface area contributed by atoms with Gasteiger partial charge in [0.2, 0.25) is 4.96 Å². The Morgan fingerprint density at radius 3 is 2.41 bits per heavy atom. The predicted molar refractivity (Wildman–Crippen MR) is 122 cm³/mol. The van der Waals surface area contributed by atoms with E-state index in [1.54, 1.807) is 37.5 Å². The highest BCUT2D eigenvalue weighted by Crippen LogP contribution is 2.28. The molecule has 0 aliphatic carbocycles. The molecule has 4 rings (SSSR count). The molecule has 0 radical (unpaired) electrons. The average Bonchev–Trinajstić information content (AvgIpc) is 3.32. The third-order valence-corrected chi connectivity index (χ3v) is 5.44. The number of aromatic nitrogens is 3. The monoisotopic (exact) mass is 449 g/mol. The zero-order chi connectivity index (χ0) is 22.7. The first-order valence-corrected chi connectivity index (χ1v) is 10.4. The number of fused-ring (bicyclic) bond motifs is 1. The van der Waals surface area contributed by atoms with Crippen molar-refractivity contribution in [1.82, 2.24) is 14.6 Å². The molecule has 0 saturated heterocycles. The van der Waals surface area contributed by atoms with Crippen LogP contribution >= 0.6 is 11.3 Å². The summed E-state index contributed by atoms with van der Waals surface area (Å²) in [4.78, 5) is 28.9. The minimum Gasteiger partial charge on any atom is -0.497 e. The Morgan fingerprint density at radius 2 is 1.75 bits per heavy atom. The fourth-order valence-corrected chi connectivity index (χ4v) is 3.88. The first-order valence-electron chi connectivity index (χ1n) is 9.56. The Kier molecular flexibility index (Phi) is 6.00. The van der Waals surface area contributed by atoms with Crippen molar-refractivity contribution in [2.24, 2.45) is 0 Å². The third-order valence-electron chi connectivity index (χ3n) is 4.48. The van der Waals surface area contributed by atoms with E-state index in [4.69, 9.17) is 14.2 Å². The second kappa shape index (κ2) is 9.03. The summed E-state index contributed by atoms with van der Waals surface area (Å²) < 4.78 is 17.3. The van der Waals surface area contributed by atoms with Crippen LogP contribution in [0, 0.1) is 0 Å². The van der Waals surface area contributed by atoms with E-state index in [9.17, 15) is 9.59 Å². The van der Waals surface area contributed by atoms with Gasteiger partial charge in [0, 0.05) is 6.92 Å². The van der Waals surface area contributed by atoms with Gasteiger partial charge in [-0.2, -0.15) is 9.50 Å². The first kappa shape index (κ1) is 21.3. The molecule has 0 aliphatic heterocycles. The van der Waals surface area contributed by atoms with Gasteiger partial charge in [0.15, 0.2) is 17.3 Å². The molecular formula is C23H19N3O5S. The third kappa shape index (κ3) is 4.52. The fourth-order valence-electron chi connectivity index (χ4n) is 2.97. The minimum atomic E-state index is -0.440. The lowest BCUT2D eigenvalue weighted by Crippen LogP contribution is -2.23. The maximum absolute atomic E-state index is 12.8. The number of benzene rings is 2. The highest BCUT2D eigenvalue weighted by atomic mass is 32.1. The highest BCUT2D eigenvalue weighted by Gasteiger charge is 2.11.